The summed E-state index contributed by atoms with van der Waals surface area (Å²) in [6.07, 6.45) is 0.0264. The fourth-order valence-electron chi connectivity index (χ4n) is 3.17. The number of aryl methyl sites for hydroxylation is 1. The summed E-state index contributed by atoms with van der Waals surface area (Å²) in [5.74, 6) is -0.501. The van der Waals surface area contributed by atoms with Crippen LogP contribution < -0.4 is 16.4 Å². The van der Waals surface area contributed by atoms with Crippen molar-refractivity contribution in [3.63, 3.8) is 0 Å². The molecular formula is C21H22FN3O3. The number of fused-ring (bicyclic) bond motifs is 1. The van der Waals surface area contributed by atoms with Crippen LogP contribution in [-0.2, 0) is 11.3 Å². The Hall–Kier alpha value is -3.22. The van der Waals surface area contributed by atoms with E-state index in [9.17, 15) is 18.8 Å². The van der Waals surface area contributed by atoms with E-state index in [4.69, 9.17) is 0 Å². The average molecular weight is 383 g/mol. The normalized spacial score (nSPS) is 12.3. The van der Waals surface area contributed by atoms with Gasteiger partial charge in [-0.05, 0) is 35.7 Å². The second-order valence-electron chi connectivity index (χ2n) is 7.03. The molecule has 3 aromatic rings. The van der Waals surface area contributed by atoms with Gasteiger partial charge in [0.15, 0.2) is 0 Å². The summed E-state index contributed by atoms with van der Waals surface area (Å²) in [7, 11) is 0. The largest absolute Gasteiger partial charge is 0.349 e. The van der Waals surface area contributed by atoms with Crippen LogP contribution in [0.3, 0.4) is 0 Å². The highest BCUT2D eigenvalue weighted by Gasteiger charge is 2.18. The molecule has 6 nitrogen and oxygen atoms in total. The fourth-order valence-corrected chi connectivity index (χ4v) is 3.17. The molecule has 0 fully saturated rings. The highest BCUT2D eigenvalue weighted by atomic mass is 19.1. The number of nitrogens with zero attached hydrogens (tertiary/aromatic N) is 1. The van der Waals surface area contributed by atoms with Gasteiger partial charge in [0, 0.05) is 6.42 Å². The molecule has 0 aliphatic heterocycles. The molecule has 3 rings (SSSR count). The topological polar surface area (TPSA) is 84.0 Å². The maximum atomic E-state index is 13.2. The van der Waals surface area contributed by atoms with E-state index in [0.29, 0.717) is 10.8 Å². The number of benzene rings is 2. The maximum absolute atomic E-state index is 13.2. The van der Waals surface area contributed by atoms with Gasteiger partial charge in [0.05, 0.1) is 23.4 Å². The second kappa shape index (κ2) is 8.21. The van der Waals surface area contributed by atoms with Crippen molar-refractivity contribution in [1.29, 1.82) is 0 Å². The van der Waals surface area contributed by atoms with Crippen molar-refractivity contribution in [3.05, 3.63) is 80.6 Å². The van der Waals surface area contributed by atoms with Gasteiger partial charge < -0.3 is 5.32 Å². The Bertz CT molecular complexity index is 1100. The number of aromatic nitrogens is 2. The van der Waals surface area contributed by atoms with E-state index in [2.05, 4.69) is 10.4 Å². The molecule has 2 N–H and O–H groups in total. The Morgan fingerprint density at radius 1 is 1.07 bits per heavy atom. The van der Waals surface area contributed by atoms with Gasteiger partial charge in [0.25, 0.3) is 11.1 Å². The molecule has 0 aliphatic carbocycles. The number of nitrogens with one attached hydrogen (secondary N) is 2. The molecule has 0 bridgehead atoms. The molecule has 1 aromatic heterocycles. The van der Waals surface area contributed by atoms with Crippen LogP contribution in [0.1, 0.15) is 31.9 Å². The van der Waals surface area contributed by atoms with E-state index < -0.39 is 0 Å². The van der Waals surface area contributed by atoms with Crippen molar-refractivity contribution in [2.45, 2.75) is 32.9 Å². The minimum absolute atomic E-state index is 0.0264. The van der Waals surface area contributed by atoms with E-state index in [1.807, 2.05) is 13.8 Å². The SMILES string of the molecule is CC(C)C(NC(=O)CCn1[nH]c(=O)c2ccccc2c1=O)c1ccc(F)cc1. The van der Waals surface area contributed by atoms with Gasteiger partial charge in [-0.25, -0.2) is 9.07 Å². The quantitative estimate of drug-likeness (QED) is 0.686. The molecule has 1 amide bonds. The molecule has 1 atom stereocenters. The lowest BCUT2D eigenvalue weighted by Crippen LogP contribution is -2.35. The lowest BCUT2D eigenvalue weighted by Gasteiger charge is -2.23. The predicted octanol–water partition coefficient (Wildman–Crippen LogP) is 2.73. The molecule has 2 aromatic carbocycles. The van der Waals surface area contributed by atoms with Crippen LogP contribution in [0.2, 0.25) is 0 Å². The van der Waals surface area contributed by atoms with Gasteiger partial charge in [0.1, 0.15) is 5.82 Å². The Kier molecular flexibility index (Phi) is 5.73. The zero-order valence-electron chi connectivity index (χ0n) is 15.7. The summed E-state index contributed by atoms with van der Waals surface area (Å²) in [6.45, 7) is 3.97. The van der Waals surface area contributed by atoms with Crippen LogP contribution in [0, 0.1) is 11.7 Å². The number of halogens is 1. The first kappa shape index (κ1) is 19.5. The molecule has 146 valence electrons. The van der Waals surface area contributed by atoms with Gasteiger partial charge in [-0.3, -0.25) is 19.5 Å². The average Bonchev–Trinajstić information content (AvgIpc) is 2.68. The van der Waals surface area contributed by atoms with E-state index >= 15 is 0 Å². The Balaban J connectivity index is 1.74. The molecule has 0 aliphatic rings. The summed E-state index contributed by atoms with van der Waals surface area (Å²) in [6, 6.07) is 12.3. The third-order valence-corrected chi connectivity index (χ3v) is 4.66. The number of amides is 1. The van der Waals surface area contributed by atoms with Gasteiger partial charge in [-0.2, -0.15) is 0 Å². The van der Waals surface area contributed by atoms with Crippen molar-refractivity contribution in [3.8, 4) is 0 Å². The molecule has 0 saturated carbocycles. The van der Waals surface area contributed by atoms with Crippen LogP contribution in [0.15, 0.2) is 58.1 Å². The van der Waals surface area contributed by atoms with Crippen LogP contribution >= 0.6 is 0 Å². The second-order valence-corrected chi connectivity index (χ2v) is 7.03. The first-order valence-electron chi connectivity index (χ1n) is 9.13. The van der Waals surface area contributed by atoms with E-state index in [1.165, 1.54) is 12.1 Å². The third kappa shape index (κ3) is 4.19. The standard InChI is InChI=1S/C21H22FN3O3/c1-13(2)19(14-7-9-15(22)10-8-14)23-18(26)11-12-25-21(28)17-6-4-3-5-16(17)20(27)24-25/h3-10,13,19H,11-12H2,1-2H3,(H,23,26)(H,24,27). The summed E-state index contributed by atoms with van der Waals surface area (Å²) in [5, 5.41) is 6.08. The summed E-state index contributed by atoms with van der Waals surface area (Å²) >= 11 is 0. The van der Waals surface area contributed by atoms with Crippen LogP contribution in [0.4, 0.5) is 4.39 Å². The maximum Gasteiger partial charge on any atom is 0.273 e. The fraction of sp³-hybridized carbons (Fsp3) is 0.286. The molecule has 1 heterocycles. The highest BCUT2D eigenvalue weighted by Crippen LogP contribution is 2.22. The number of aromatic amines is 1. The first-order chi connectivity index (χ1) is 13.4. The molecule has 0 radical (unpaired) electrons. The number of H-pyrrole nitrogens is 1. The van der Waals surface area contributed by atoms with Crippen molar-refractivity contribution >= 4 is 16.7 Å². The van der Waals surface area contributed by atoms with Gasteiger partial charge in [0.2, 0.25) is 5.91 Å². The number of carbonyl (C=O) groups is 1. The number of carbonyl (C=O) groups excluding carboxylic acids is 1. The predicted molar refractivity (Wildman–Crippen MR) is 106 cm³/mol. The van der Waals surface area contributed by atoms with E-state index in [1.54, 1.807) is 36.4 Å². The van der Waals surface area contributed by atoms with Crippen molar-refractivity contribution in [2.24, 2.45) is 5.92 Å². The smallest absolute Gasteiger partial charge is 0.273 e. The lowest BCUT2D eigenvalue weighted by molar-refractivity contribution is -0.122. The first-order valence-corrected chi connectivity index (χ1v) is 9.13. The minimum Gasteiger partial charge on any atom is -0.349 e. The van der Waals surface area contributed by atoms with Crippen molar-refractivity contribution in [1.82, 2.24) is 15.1 Å². The highest BCUT2D eigenvalue weighted by molar-refractivity contribution is 5.80. The zero-order chi connectivity index (χ0) is 20.3. The van der Waals surface area contributed by atoms with Gasteiger partial charge in [-0.1, -0.05) is 38.1 Å². The number of hydrogen-bond donors (Lipinski definition) is 2. The van der Waals surface area contributed by atoms with Crippen LogP contribution in [0.25, 0.3) is 10.8 Å². The summed E-state index contributed by atoms with van der Waals surface area (Å²) in [5.41, 5.74) is 0.0879. The summed E-state index contributed by atoms with van der Waals surface area (Å²) in [4.78, 5) is 37.1. The van der Waals surface area contributed by atoms with Crippen LogP contribution in [-0.4, -0.2) is 15.7 Å². The van der Waals surface area contributed by atoms with E-state index in [0.717, 1.165) is 10.2 Å². The Labute approximate surface area is 161 Å². The Morgan fingerprint density at radius 3 is 2.36 bits per heavy atom. The molecule has 1 unspecified atom stereocenters. The van der Waals surface area contributed by atoms with Crippen LogP contribution in [0.5, 0.6) is 0 Å². The third-order valence-electron chi connectivity index (χ3n) is 4.66. The summed E-state index contributed by atoms with van der Waals surface area (Å²) < 4.78 is 14.3. The van der Waals surface area contributed by atoms with Gasteiger partial charge in [-0.15, -0.1) is 0 Å². The number of hydrogen-bond acceptors (Lipinski definition) is 3. The molecular weight excluding hydrogens is 361 g/mol. The molecule has 0 saturated heterocycles. The molecule has 7 heteroatoms. The Morgan fingerprint density at radius 2 is 1.71 bits per heavy atom. The minimum atomic E-state index is -0.373. The van der Waals surface area contributed by atoms with Crippen molar-refractivity contribution in [2.75, 3.05) is 0 Å². The zero-order valence-corrected chi connectivity index (χ0v) is 15.7. The van der Waals surface area contributed by atoms with Gasteiger partial charge >= 0.3 is 0 Å². The van der Waals surface area contributed by atoms with E-state index in [-0.39, 0.29) is 47.8 Å². The lowest BCUT2D eigenvalue weighted by atomic mass is 9.96. The number of rotatable bonds is 6. The molecule has 0 spiro atoms. The van der Waals surface area contributed by atoms with Crippen molar-refractivity contribution < 1.29 is 9.18 Å². The molecule has 28 heavy (non-hydrogen) atoms. The monoisotopic (exact) mass is 383 g/mol.